The molecule has 0 saturated carbocycles. The van der Waals surface area contributed by atoms with E-state index in [0.717, 1.165) is 35.6 Å². The Hall–Kier alpha value is -2.54. The van der Waals surface area contributed by atoms with Crippen LogP contribution in [0.2, 0.25) is 0 Å². The van der Waals surface area contributed by atoms with E-state index in [1.54, 1.807) is 6.20 Å². The number of para-hydroxylation sites is 1. The molecular formula is C17H20N4. The molecule has 0 aliphatic rings. The number of nitriles is 1. The van der Waals surface area contributed by atoms with Crippen LogP contribution in [-0.4, -0.2) is 11.5 Å². The minimum absolute atomic E-state index is 0.639. The van der Waals surface area contributed by atoms with Gasteiger partial charge in [0, 0.05) is 25.0 Å². The number of nitrogens with zero attached hydrogens (tertiary/aromatic N) is 3. The predicted molar refractivity (Wildman–Crippen MR) is 85.9 cm³/mol. The highest BCUT2D eigenvalue weighted by Crippen LogP contribution is 2.23. The molecule has 0 aliphatic carbocycles. The van der Waals surface area contributed by atoms with Crippen LogP contribution in [0, 0.1) is 18.3 Å². The summed E-state index contributed by atoms with van der Waals surface area (Å²) in [5, 5.41) is 9.40. The molecule has 0 saturated heterocycles. The third-order valence-electron chi connectivity index (χ3n) is 3.46. The number of aromatic nitrogens is 1. The van der Waals surface area contributed by atoms with Crippen LogP contribution < -0.4 is 10.6 Å². The van der Waals surface area contributed by atoms with E-state index in [2.05, 4.69) is 22.9 Å². The Morgan fingerprint density at radius 3 is 2.71 bits per heavy atom. The van der Waals surface area contributed by atoms with Crippen molar-refractivity contribution in [1.82, 2.24) is 4.98 Å². The van der Waals surface area contributed by atoms with Crippen molar-refractivity contribution in [2.45, 2.75) is 26.8 Å². The van der Waals surface area contributed by atoms with Crippen molar-refractivity contribution >= 4 is 11.5 Å². The molecule has 2 rings (SSSR count). The molecule has 0 radical (unpaired) electrons. The van der Waals surface area contributed by atoms with E-state index in [1.165, 1.54) is 0 Å². The molecule has 1 aromatic carbocycles. The number of rotatable bonds is 5. The summed E-state index contributed by atoms with van der Waals surface area (Å²) in [6, 6.07) is 11.9. The van der Waals surface area contributed by atoms with Crippen molar-refractivity contribution in [3.8, 4) is 6.07 Å². The van der Waals surface area contributed by atoms with E-state index < -0.39 is 0 Å². The summed E-state index contributed by atoms with van der Waals surface area (Å²) in [6.45, 7) is 5.54. The average Bonchev–Trinajstić information content (AvgIpc) is 2.48. The summed E-state index contributed by atoms with van der Waals surface area (Å²) < 4.78 is 0. The number of aryl methyl sites for hydroxylation is 1. The number of anilines is 2. The van der Waals surface area contributed by atoms with Gasteiger partial charge in [-0.1, -0.05) is 25.1 Å². The Bertz CT molecular complexity index is 658. The maximum atomic E-state index is 9.40. The summed E-state index contributed by atoms with van der Waals surface area (Å²) in [7, 11) is 0. The second kappa shape index (κ2) is 6.76. The highest BCUT2D eigenvalue weighted by Gasteiger charge is 2.15. The summed E-state index contributed by atoms with van der Waals surface area (Å²) in [5.41, 5.74) is 9.44. The summed E-state index contributed by atoms with van der Waals surface area (Å²) in [6.07, 6.45) is 2.73. The Kier molecular flexibility index (Phi) is 4.78. The van der Waals surface area contributed by atoms with Crippen molar-refractivity contribution in [3.05, 3.63) is 53.2 Å². The van der Waals surface area contributed by atoms with Gasteiger partial charge in [0.15, 0.2) is 0 Å². The molecule has 0 bridgehead atoms. The first-order valence-corrected chi connectivity index (χ1v) is 7.11. The molecule has 0 spiro atoms. The van der Waals surface area contributed by atoms with Gasteiger partial charge in [-0.25, -0.2) is 4.98 Å². The first kappa shape index (κ1) is 14.9. The molecule has 1 aromatic heterocycles. The molecule has 108 valence electrons. The van der Waals surface area contributed by atoms with Crippen molar-refractivity contribution in [2.75, 3.05) is 17.2 Å². The third kappa shape index (κ3) is 3.32. The van der Waals surface area contributed by atoms with Gasteiger partial charge in [-0.2, -0.15) is 5.26 Å². The second-order valence-corrected chi connectivity index (χ2v) is 5.06. The lowest BCUT2D eigenvalue weighted by Crippen LogP contribution is -2.26. The van der Waals surface area contributed by atoms with Gasteiger partial charge in [0.05, 0.1) is 5.56 Å². The quantitative estimate of drug-likeness (QED) is 0.854. The zero-order chi connectivity index (χ0) is 15.2. The lowest BCUT2D eigenvalue weighted by molar-refractivity contribution is 0.754. The number of pyridine rings is 1. The molecule has 1 heterocycles. The first-order valence-electron chi connectivity index (χ1n) is 7.11. The maximum Gasteiger partial charge on any atom is 0.147 e. The lowest BCUT2D eigenvalue weighted by atomic mass is 10.1. The molecule has 0 atom stereocenters. The molecule has 4 nitrogen and oxygen atoms in total. The van der Waals surface area contributed by atoms with Gasteiger partial charge in [0.1, 0.15) is 11.9 Å². The van der Waals surface area contributed by atoms with Crippen LogP contribution in [0.15, 0.2) is 36.5 Å². The Balaban J connectivity index is 2.39. The number of hydrogen-bond acceptors (Lipinski definition) is 4. The van der Waals surface area contributed by atoms with Gasteiger partial charge >= 0.3 is 0 Å². The van der Waals surface area contributed by atoms with E-state index in [1.807, 2.05) is 37.3 Å². The zero-order valence-corrected chi connectivity index (χ0v) is 12.5. The van der Waals surface area contributed by atoms with Crippen LogP contribution in [0.1, 0.15) is 30.0 Å². The average molecular weight is 280 g/mol. The van der Waals surface area contributed by atoms with Crippen molar-refractivity contribution in [3.63, 3.8) is 0 Å². The lowest BCUT2D eigenvalue weighted by Gasteiger charge is -2.25. The summed E-state index contributed by atoms with van der Waals surface area (Å²) in [4.78, 5) is 6.54. The number of hydrogen-bond donors (Lipinski definition) is 1. The van der Waals surface area contributed by atoms with E-state index in [-0.39, 0.29) is 0 Å². The fraction of sp³-hybridized carbons (Fsp3) is 0.294. The third-order valence-corrected chi connectivity index (χ3v) is 3.46. The predicted octanol–water partition coefficient (Wildman–Crippen LogP) is 3.26. The van der Waals surface area contributed by atoms with Crippen LogP contribution in [-0.2, 0) is 6.54 Å². The largest absolute Gasteiger partial charge is 0.398 e. The second-order valence-electron chi connectivity index (χ2n) is 5.06. The first-order chi connectivity index (χ1) is 10.2. The minimum atomic E-state index is 0.639. The van der Waals surface area contributed by atoms with Gasteiger partial charge in [-0.3, -0.25) is 0 Å². The zero-order valence-electron chi connectivity index (χ0n) is 12.5. The number of benzene rings is 1. The number of nitrogens with two attached hydrogens (primary N) is 1. The van der Waals surface area contributed by atoms with Crippen LogP contribution >= 0.6 is 0 Å². The van der Waals surface area contributed by atoms with E-state index >= 15 is 0 Å². The molecule has 2 N–H and O–H groups in total. The van der Waals surface area contributed by atoms with E-state index in [0.29, 0.717) is 12.1 Å². The molecule has 0 amide bonds. The number of nitrogen functional groups attached to an aromatic ring is 1. The standard InChI is InChI=1S/C17H20N4/c1-3-10-21(12-14-6-4-5-7-16(14)19)17-15(11-18)13(2)8-9-20-17/h4-9H,3,10,12,19H2,1-2H3. The monoisotopic (exact) mass is 280 g/mol. The smallest absolute Gasteiger partial charge is 0.147 e. The van der Waals surface area contributed by atoms with Crippen LogP contribution in [0.3, 0.4) is 0 Å². The molecule has 0 aliphatic heterocycles. The van der Waals surface area contributed by atoms with Crippen molar-refractivity contribution in [1.29, 1.82) is 5.26 Å². The fourth-order valence-corrected chi connectivity index (χ4v) is 2.34. The molecule has 4 heteroatoms. The highest BCUT2D eigenvalue weighted by atomic mass is 15.2. The molecule has 2 aromatic rings. The van der Waals surface area contributed by atoms with E-state index in [9.17, 15) is 5.26 Å². The maximum absolute atomic E-state index is 9.40. The van der Waals surface area contributed by atoms with Crippen molar-refractivity contribution in [2.24, 2.45) is 0 Å². The Morgan fingerprint density at radius 2 is 2.05 bits per heavy atom. The normalized spacial score (nSPS) is 10.1. The molecule has 0 fully saturated rings. The molecule has 21 heavy (non-hydrogen) atoms. The van der Waals surface area contributed by atoms with Gasteiger partial charge in [-0.05, 0) is 36.6 Å². The summed E-state index contributed by atoms with van der Waals surface area (Å²) >= 11 is 0. The minimum Gasteiger partial charge on any atom is -0.398 e. The van der Waals surface area contributed by atoms with Gasteiger partial charge in [-0.15, -0.1) is 0 Å². The van der Waals surface area contributed by atoms with Gasteiger partial charge in [0.2, 0.25) is 0 Å². The van der Waals surface area contributed by atoms with Gasteiger partial charge < -0.3 is 10.6 Å². The topological polar surface area (TPSA) is 65.9 Å². The summed E-state index contributed by atoms with van der Waals surface area (Å²) in [5.74, 6) is 0.739. The van der Waals surface area contributed by atoms with Crippen LogP contribution in [0.4, 0.5) is 11.5 Å². The molecular weight excluding hydrogens is 260 g/mol. The molecule has 0 unspecified atom stereocenters. The Morgan fingerprint density at radius 1 is 1.29 bits per heavy atom. The fourth-order valence-electron chi connectivity index (χ4n) is 2.34. The Labute approximate surface area is 125 Å². The highest BCUT2D eigenvalue weighted by molar-refractivity contribution is 5.58. The SMILES string of the molecule is CCCN(Cc1ccccc1N)c1nccc(C)c1C#N. The van der Waals surface area contributed by atoms with Crippen molar-refractivity contribution < 1.29 is 0 Å². The van der Waals surface area contributed by atoms with Crippen LogP contribution in [0.25, 0.3) is 0 Å². The van der Waals surface area contributed by atoms with E-state index in [4.69, 9.17) is 5.73 Å². The van der Waals surface area contributed by atoms with Crippen LogP contribution in [0.5, 0.6) is 0 Å². The van der Waals surface area contributed by atoms with Gasteiger partial charge in [0.25, 0.3) is 0 Å².